The molecule has 10 atom stereocenters. The minimum atomic E-state index is -1.11. The van der Waals surface area contributed by atoms with Crippen molar-refractivity contribution in [2.45, 2.75) is 119 Å². The van der Waals surface area contributed by atoms with Gasteiger partial charge in [-0.1, -0.05) is 58.9 Å². The van der Waals surface area contributed by atoms with Crippen molar-refractivity contribution in [3.8, 4) is 0 Å². The van der Waals surface area contributed by atoms with E-state index in [1.54, 1.807) is 25.1 Å². The molecule has 5 aliphatic carbocycles. The highest BCUT2D eigenvalue weighted by Gasteiger charge is 2.71. The molecule has 2 unspecified atom stereocenters. The number of ether oxygens (including phenoxy) is 2. The summed E-state index contributed by atoms with van der Waals surface area (Å²) in [6, 6.07) is 6.37. The van der Waals surface area contributed by atoms with Crippen LogP contribution < -0.4 is 0 Å². The summed E-state index contributed by atoms with van der Waals surface area (Å²) in [6.45, 7) is 21.1. The van der Waals surface area contributed by atoms with Gasteiger partial charge >= 0.3 is 17.9 Å². The van der Waals surface area contributed by atoms with Crippen LogP contribution in [0.4, 0.5) is 0 Å². The molecule has 5 saturated carbocycles. The number of carbonyl (C=O) groups is 3. The van der Waals surface area contributed by atoms with E-state index < -0.39 is 11.9 Å². The molecule has 6 heteroatoms. The zero-order valence-electron chi connectivity index (χ0n) is 29.2. The molecule has 5 aliphatic rings. The van der Waals surface area contributed by atoms with E-state index in [-0.39, 0.29) is 50.3 Å². The van der Waals surface area contributed by atoms with Gasteiger partial charge < -0.3 is 14.6 Å². The van der Waals surface area contributed by atoms with Gasteiger partial charge in [0.05, 0.1) is 17.7 Å². The zero-order chi connectivity index (χ0) is 33.4. The van der Waals surface area contributed by atoms with Crippen molar-refractivity contribution in [2.24, 2.45) is 56.7 Å². The van der Waals surface area contributed by atoms with Crippen LogP contribution >= 0.6 is 0 Å². The van der Waals surface area contributed by atoms with Gasteiger partial charge in [-0.2, -0.15) is 0 Å². The Morgan fingerprint density at radius 2 is 1.52 bits per heavy atom. The number of benzene rings is 1. The van der Waals surface area contributed by atoms with Crippen LogP contribution in [0, 0.1) is 56.7 Å². The number of carbonyl (C=O) groups excluding carboxylic acids is 2. The topological polar surface area (TPSA) is 89.9 Å². The van der Waals surface area contributed by atoms with Crippen LogP contribution in [0.2, 0.25) is 0 Å². The largest absolute Gasteiger partial charge is 0.478 e. The van der Waals surface area contributed by atoms with Crippen LogP contribution in [-0.4, -0.2) is 35.7 Å². The van der Waals surface area contributed by atoms with Gasteiger partial charge in [0, 0.05) is 17.8 Å². The van der Waals surface area contributed by atoms with Crippen LogP contribution in [0.5, 0.6) is 0 Å². The number of carboxylic acids is 1. The average molecular weight is 633 g/mol. The minimum Gasteiger partial charge on any atom is -0.478 e. The average Bonchev–Trinajstić information content (AvgIpc) is 3.38. The molecule has 1 N–H and O–H groups in total. The molecule has 0 aromatic heterocycles. The summed E-state index contributed by atoms with van der Waals surface area (Å²) in [5.74, 6) is 0.747. The first-order valence-corrected chi connectivity index (χ1v) is 17.8. The Morgan fingerprint density at radius 3 is 2.17 bits per heavy atom. The molecule has 1 aromatic rings. The highest BCUT2D eigenvalue weighted by Crippen LogP contribution is 2.77. The molecule has 6 nitrogen and oxygen atoms in total. The van der Waals surface area contributed by atoms with E-state index in [9.17, 15) is 19.5 Å². The normalized spacial score (nSPS) is 42.4. The lowest BCUT2D eigenvalue weighted by molar-refractivity contribution is -0.249. The number of hydrogen-bond donors (Lipinski definition) is 1. The Labute approximate surface area is 276 Å². The fraction of sp³-hybridized carbons (Fsp3) is 0.725. The first-order chi connectivity index (χ1) is 21.5. The fourth-order valence-electron chi connectivity index (χ4n) is 13.0. The lowest BCUT2D eigenvalue weighted by Gasteiger charge is -2.73. The lowest BCUT2D eigenvalue weighted by atomic mass is 9.32. The van der Waals surface area contributed by atoms with E-state index in [0.717, 1.165) is 44.9 Å². The van der Waals surface area contributed by atoms with Crippen LogP contribution in [-0.2, 0) is 14.3 Å². The molecule has 1 aromatic carbocycles. The van der Waals surface area contributed by atoms with Gasteiger partial charge in [-0.25, -0.2) is 9.59 Å². The van der Waals surface area contributed by atoms with E-state index in [0.29, 0.717) is 36.2 Å². The van der Waals surface area contributed by atoms with Crippen molar-refractivity contribution in [3.63, 3.8) is 0 Å². The maximum Gasteiger partial charge on any atom is 0.339 e. The van der Waals surface area contributed by atoms with Crippen LogP contribution in [0.1, 0.15) is 133 Å². The summed E-state index contributed by atoms with van der Waals surface area (Å²) >= 11 is 0. The molecule has 0 radical (unpaired) electrons. The second-order valence-electron chi connectivity index (χ2n) is 17.4. The van der Waals surface area contributed by atoms with Crippen molar-refractivity contribution < 1.29 is 29.0 Å². The Balaban J connectivity index is 1.27. The number of aromatic carboxylic acids is 1. The second kappa shape index (κ2) is 11.2. The van der Waals surface area contributed by atoms with E-state index in [1.807, 2.05) is 0 Å². The van der Waals surface area contributed by atoms with E-state index in [4.69, 9.17) is 9.47 Å². The maximum atomic E-state index is 13.4. The van der Waals surface area contributed by atoms with Gasteiger partial charge in [-0.3, -0.25) is 4.79 Å². The van der Waals surface area contributed by atoms with Gasteiger partial charge in [0.15, 0.2) is 0 Å². The molecule has 5 fully saturated rings. The summed E-state index contributed by atoms with van der Waals surface area (Å²) in [5, 5.41) is 9.67. The van der Waals surface area contributed by atoms with Gasteiger partial charge in [0.2, 0.25) is 0 Å². The Kier molecular flexibility index (Phi) is 8.12. The number of allylic oxidation sites excluding steroid dienone is 1. The van der Waals surface area contributed by atoms with Gasteiger partial charge in [0.25, 0.3) is 0 Å². The van der Waals surface area contributed by atoms with Gasteiger partial charge in [-0.05, 0) is 129 Å². The first kappa shape index (κ1) is 33.3. The fourth-order valence-corrected chi connectivity index (χ4v) is 13.0. The van der Waals surface area contributed by atoms with Crippen molar-refractivity contribution in [2.75, 3.05) is 6.61 Å². The summed E-state index contributed by atoms with van der Waals surface area (Å²) < 4.78 is 12.0. The Hall–Kier alpha value is -2.63. The van der Waals surface area contributed by atoms with E-state index in [2.05, 4.69) is 48.1 Å². The standard InChI is InChI=1S/C40H56O6/c1-24(2)26-15-20-40(23-45-25(3)41)22-21-38(7)29(33(26)40)13-14-31-37(6)18-17-32(36(4,5)30(37)16-19-39(31,38)8)46-35(44)28-12-10-9-11-27(28)34(42)43/h9-12,26,29-33H,1,13-23H2,2-8H3,(H,42,43)/t26-,29?,30-,31-,32+,33?,37+,38+,39-,40+/m1/s1. The zero-order valence-corrected chi connectivity index (χ0v) is 29.2. The third-order valence-corrected chi connectivity index (χ3v) is 15.4. The lowest BCUT2D eigenvalue weighted by Crippen LogP contribution is -2.67. The van der Waals surface area contributed by atoms with Crippen molar-refractivity contribution in [1.29, 1.82) is 0 Å². The highest BCUT2D eigenvalue weighted by molar-refractivity contribution is 6.02. The van der Waals surface area contributed by atoms with Crippen molar-refractivity contribution in [3.05, 3.63) is 47.5 Å². The quantitative estimate of drug-likeness (QED) is 0.249. The smallest absolute Gasteiger partial charge is 0.339 e. The monoisotopic (exact) mass is 632 g/mol. The maximum absolute atomic E-state index is 13.4. The third kappa shape index (κ3) is 4.73. The van der Waals surface area contributed by atoms with E-state index in [1.165, 1.54) is 30.9 Å². The number of hydrogen-bond acceptors (Lipinski definition) is 5. The molecular weight excluding hydrogens is 576 g/mol. The molecule has 0 heterocycles. The molecule has 0 aliphatic heterocycles. The predicted octanol–water partition coefficient (Wildman–Crippen LogP) is 9.13. The molecular formula is C40H56O6. The molecule has 252 valence electrons. The number of carboxylic acid groups (broad SMARTS) is 1. The molecule has 0 amide bonds. The SMILES string of the molecule is C=C(C)[C@H]1CC[C@@]2(COC(C)=O)CC[C@@]3(C)C(CC[C@@H]4[C@@]5(C)CC[C@H](OC(=O)c6ccccc6C(=O)O)C(C)(C)[C@H]5CC[C@]43C)C12. The first-order valence-electron chi connectivity index (χ1n) is 17.8. The molecule has 0 bridgehead atoms. The number of esters is 2. The van der Waals surface area contributed by atoms with Gasteiger partial charge in [0.1, 0.15) is 6.10 Å². The molecule has 46 heavy (non-hydrogen) atoms. The summed E-state index contributed by atoms with van der Waals surface area (Å²) in [4.78, 5) is 37.2. The summed E-state index contributed by atoms with van der Waals surface area (Å²) in [6.07, 6.45) is 10.8. The number of rotatable bonds is 6. The minimum absolute atomic E-state index is 0.00935. The van der Waals surface area contributed by atoms with Crippen molar-refractivity contribution in [1.82, 2.24) is 0 Å². The van der Waals surface area contributed by atoms with E-state index >= 15 is 0 Å². The Morgan fingerprint density at radius 1 is 0.826 bits per heavy atom. The highest BCUT2D eigenvalue weighted by atomic mass is 16.5. The number of fused-ring (bicyclic) bond motifs is 7. The Bertz CT molecular complexity index is 1430. The second-order valence-corrected chi connectivity index (χ2v) is 17.4. The van der Waals surface area contributed by atoms with Crippen LogP contribution in [0.3, 0.4) is 0 Å². The van der Waals surface area contributed by atoms with Crippen LogP contribution in [0.15, 0.2) is 36.4 Å². The predicted molar refractivity (Wildman–Crippen MR) is 178 cm³/mol. The van der Waals surface area contributed by atoms with Gasteiger partial charge in [-0.15, -0.1) is 0 Å². The summed E-state index contributed by atoms with van der Waals surface area (Å²) in [5.41, 5.74) is 1.75. The molecule has 0 saturated heterocycles. The summed E-state index contributed by atoms with van der Waals surface area (Å²) in [7, 11) is 0. The molecule has 0 spiro atoms. The molecule has 6 rings (SSSR count). The van der Waals surface area contributed by atoms with Crippen LogP contribution in [0.25, 0.3) is 0 Å². The van der Waals surface area contributed by atoms with Crippen molar-refractivity contribution >= 4 is 17.9 Å². The third-order valence-electron chi connectivity index (χ3n) is 15.4.